The standard InChI is InChI=1S/C16H16N2O3/c1-11-6-2-3-7-12(11)16(21)17-10-15(20)18-13-8-4-5-9-14(13)19/h2-9,19H,10H2,1H3,(H,17,21)(H,18,20). The third-order valence-corrected chi connectivity index (χ3v) is 2.98. The van der Waals surface area contributed by atoms with Crippen molar-refractivity contribution < 1.29 is 14.7 Å². The Hall–Kier alpha value is -2.82. The molecule has 0 radical (unpaired) electrons. The van der Waals surface area contributed by atoms with Crippen LogP contribution in [0.5, 0.6) is 5.75 Å². The zero-order valence-electron chi connectivity index (χ0n) is 11.6. The summed E-state index contributed by atoms with van der Waals surface area (Å²) in [6, 6.07) is 13.5. The van der Waals surface area contributed by atoms with E-state index in [0.717, 1.165) is 5.56 Å². The topological polar surface area (TPSA) is 78.4 Å². The smallest absolute Gasteiger partial charge is 0.251 e. The van der Waals surface area contributed by atoms with Crippen LogP contribution in [0.1, 0.15) is 15.9 Å². The van der Waals surface area contributed by atoms with Crippen molar-refractivity contribution in [3.63, 3.8) is 0 Å². The van der Waals surface area contributed by atoms with Crippen molar-refractivity contribution in [2.45, 2.75) is 6.92 Å². The number of aromatic hydroxyl groups is 1. The molecule has 0 unspecified atom stereocenters. The number of amides is 2. The number of aryl methyl sites for hydroxylation is 1. The maximum absolute atomic E-state index is 11.9. The van der Waals surface area contributed by atoms with Crippen LogP contribution in [0.2, 0.25) is 0 Å². The molecule has 0 aliphatic rings. The average molecular weight is 284 g/mol. The molecule has 0 aliphatic carbocycles. The van der Waals surface area contributed by atoms with E-state index in [0.29, 0.717) is 11.3 Å². The highest BCUT2D eigenvalue weighted by Gasteiger charge is 2.10. The van der Waals surface area contributed by atoms with Crippen LogP contribution in [0.25, 0.3) is 0 Å². The highest BCUT2D eigenvalue weighted by Crippen LogP contribution is 2.21. The van der Waals surface area contributed by atoms with Gasteiger partial charge in [-0.3, -0.25) is 9.59 Å². The summed E-state index contributed by atoms with van der Waals surface area (Å²) in [4.78, 5) is 23.7. The monoisotopic (exact) mass is 284 g/mol. The van der Waals surface area contributed by atoms with Gasteiger partial charge in [-0.25, -0.2) is 0 Å². The van der Waals surface area contributed by atoms with Crippen LogP contribution < -0.4 is 10.6 Å². The second kappa shape index (κ2) is 6.56. The van der Waals surface area contributed by atoms with Crippen molar-refractivity contribution in [1.82, 2.24) is 5.32 Å². The largest absolute Gasteiger partial charge is 0.506 e. The lowest BCUT2D eigenvalue weighted by Crippen LogP contribution is -2.33. The molecular formula is C16H16N2O3. The lowest BCUT2D eigenvalue weighted by Gasteiger charge is -2.09. The van der Waals surface area contributed by atoms with Crippen molar-refractivity contribution in [3.05, 3.63) is 59.7 Å². The molecule has 0 spiro atoms. The second-order valence-corrected chi connectivity index (χ2v) is 4.56. The third kappa shape index (κ3) is 3.82. The van der Waals surface area contributed by atoms with Gasteiger partial charge in [-0.1, -0.05) is 30.3 Å². The predicted molar refractivity (Wildman–Crippen MR) is 80.2 cm³/mol. The molecule has 0 heterocycles. The van der Waals surface area contributed by atoms with Gasteiger partial charge in [-0.2, -0.15) is 0 Å². The number of para-hydroxylation sites is 2. The number of carbonyl (C=O) groups excluding carboxylic acids is 2. The molecule has 2 amide bonds. The number of phenols is 1. The molecule has 0 atom stereocenters. The van der Waals surface area contributed by atoms with Crippen molar-refractivity contribution in [1.29, 1.82) is 0 Å². The molecule has 21 heavy (non-hydrogen) atoms. The van der Waals surface area contributed by atoms with Gasteiger partial charge in [0.2, 0.25) is 5.91 Å². The molecule has 5 heteroatoms. The van der Waals surface area contributed by atoms with Gasteiger partial charge in [-0.05, 0) is 30.7 Å². The molecule has 2 aromatic rings. The van der Waals surface area contributed by atoms with E-state index in [2.05, 4.69) is 10.6 Å². The molecule has 0 bridgehead atoms. The van der Waals surface area contributed by atoms with Gasteiger partial charge < -0.3 is 15.7 Å². The average Bonchev–Trinajstić information content (AvgIpc) is 2.48. The van der Waals surface area contributed by atoms with Crippen LogP contribution in [-0.2, 0) is 4.79 Å². The Balaban J connectivity index is 1.91. The SMILES string of the molecule is Cc1ccccc1C(=O)NCC(=O)Nc1ccccc1O. The highest BCUT2D eigenvalue weighted by atomic mass is 16.3. The maximum Gasteiger partial charge on any atom is 0.251 e. The Kier molecular flexibility index (Phi) is 4.56. The van der Waals surface area contributed by atoms with Gasteiger partial charge in [0.05, 0.1) is 12.2 Å². The van der Waals surface area contributed by atoms with E-state index in [1.807, 2.05) is 19.1 Å². The van der Waals surface area contributed by atoms with E-state index in [1.54, 1.807) is 30.3 Å². The Labute approximate surface area is 122 Å². The van der Waals surface area contributed by atoms with E-state index in [-0.39, 0.29) is 18.2 Å². The summed E-state index contributed by atoms with van der Waals surface area (Å²) < 4.78 is 0. The molecule has 3 N–H and O–H groups in total. The summed E-state index contributed by atoms with van der Waals surface area (Å²) in [5, 5.41) is 14.6. The van der Waals surface area contributed by atoms with Crippen LogP contribution in [0.4, 0.5) is 5.69 Å². The predicted octanol–water partition coefficient (Wildman–Crippen LogP) is 2.07. The van der Waals surface area contributed by atoms with E-state index in [9.17, 15) is 14.7 Å². The first-order valence-corrected chi connectivity index (χ1v) is 6.49. The Morgan fingerprint density at radius 1 is 1.05 bits per heavy atom. The van der Waals surface area contributed by atoms with Crippen molar-refractivity contribution in [3.8, 4) is 5.75 Å². The number of nitrogens with one attached hydrogen (secondary N) is 2. The number of carbonyl (C=O) groups is 2. The van der Waals surface area contributed by atoms with Crippen molar-refractivity contribution >= 4 is 17.5 Å². The number of phenolic OH excluding ortho intramolecular Hbond substituents is 1. The van der Waals surface area contributed by atoms with Gasteiger partial charge in [0.15, 0.2) is 0 Å². The quantitative estimate of drug-likeness (QED) is 0.752. The molecule has 2 aromatic carbocycles. The molecule has 0 saturated carbocycles. The van der Waals surface area contributed by atoms with Crippen LogP contribution in [0.3, 0.4) is 0 Å². The summed E-state index contributed by atoms with van der Waals surface area (Å²) >= 11 is 0. The van der Waals surface area contributed by atoms with E-state index in [4.69, 9.17) is 0 Å². The lowest BCUT2D eigenvalue weighted by atomic mass is 10.1. The van der Waals surface area contributed by atoms with Crippen LogP contribution in [-0.4, -0.2) is 23.5 Å². The van der Waals surface area contributed by atoms with Gasteiger partial charge in [0.25, 0.3) is 5.91 Å². The fourth-order valence-corrected chi connectivity index (χ4v) is 1.86. The van der Waals surface area contributed by atoms with E-state index >= 15 is 0 Å². The minimum Gasteiger partial charge on any atom is -0.506 e. The number of hydrogen-bond acceptors (Lipinski definition) is 3. The molecule has 2 rings (SSSR count). The van der Waals surface area contributed by atoms with Crippen molar-refractivity contribution in [2.75, 3.05) is 11.9 Å². The minimum absolute atomic E-state index is 0.0175. The molecule has 0 fully saturated rings. The minimum atomic E-state index is -0.404. The third-order valence-electron chi connectivity index (χ3n) is 2.98. The maximum atomic E-state index is 11.9. The first-order valence-electron chi connectivity index (χ1n) is 6.49. The number of anilines is 1. The van der Waals surface area contributed by atoms with Gasteiger partial charge >= 0.3 is 0 Å². The normalized spacial score (nSPS) is 9.95. The highest BCUT2D eigenvalue weighted by molar-refractivity contribution is 6.00. The summed E-state index contributed by atoms with van der Waals surface area (Å²) in [5.41, 5.74) is 1.69. The first-order chi connectivity index (χ1) is 10.1. The summed E-state index contributed by atoms with van der Waals surface area (Å²) in [5.74, 6) is -0.727. The molecule has 0 aliphatic heterocycles. The molecule has 5 nitrogen and oxygen atoms in total. The van der Waals surface area contributed by atoms with Crippen LogP contribution >= 0.6 is 0 Å². The molecule has 108 valence electrons. The van der Waals surface area contributed by atoms with Gasteiger partial charge in [-0.15, -0.1) is 0 Å². The molecule has 0 aromatic heterocycles. The summed E-state index contributed by atoms with van der Waals surface area (Å²) in [6.07, 6.45) is 0. The van der Waals surface area contributed by atoms with E-state index < -0.39 is 5.91 Å². The zero-order valence-corrected chi connectivity index (χ0v) is 11.6. The number of rotatable bonds is 4. The Bertz CT molecular complexity index is 668. The van der Waals surface area contributed by atoms with E-state index in [1.165, 1.54) is 6.07 Å². The van der Waals surface area contributed by atoms with Crippen molar-refractivity contribution in [2.24, 2.45) is 0 Å². The summed E-state index contributed by atoms with van der Waals surface area (Å²) in [6.45, 7) is 1.67. The van der Waals surface area contributed by atoms with Gasteiger partial charge in [0.1, 0.15) is 5.75 Å². The van der Waals surface area contributed by atoms with Crippen LogP contribution in [0, 0.1) is 6.92 Å². The zero-order chi connectivity index (χ0) is 15.2. The number of benzene rings is 2. The Morgan fingerprint density at radius 3 is 2.43 bits per heavy atom. The fraction of sp³-hybridized carbons (Fsp3) is 0.125. The van der Waals surface area contributed by atoms with Crippen LogP contribution in [0.15, 0.2) is 48.5 Å². The second-order valence-electron chi connectivity index (χ2n) is 4.56. The molecular weight excluding hydrogens is 268 g/mol. The van der Waals surface area contributed by atoms with Gasteiger partial charge in [0, 0.05) is 5.56 Å². The number of hydrogen-bond donors (Lipinski definition) is 3. The Morgan fingerprint density at radius 2 is 1.71 bits per heavy atom. The molecule has 0 saturated heterocycles. The summed E-state index contributed by atoms with van der Waals surface area (Å²) in [7, 11) is 0. The lowest BCUT2D eigenvalue weighted by molar-refractivity contribution is -0.115. The first kappa shape index (κ1) is 14.6. The fourth-order valence-electron chi connectivity index (χ4n) is 1.86.